The van der Waals surface area contributed by atoms with Crippen LogP contribution in [0, 0.1) is 0 Å². The third kappa shape index (κ3) is 7.81. The molecule has 0 aliphatic heterocycles. The number of aliphatic imine (C=N–C) groups is 2. The van der Waals surface area contributed by atoms with Crippen molar-refractivity contribution in [2.75, 3.05) is 0 Å². The van der Waals surface area contributed by atoms with Gasteiger partial charge in [-0.3, -0.25) is 0 Å². The molecular weight excluding hydrogens is 476 g/mol. The second-order valence-corrected chi connectivity index (χ2v) is 15.1. The molecule has 0 spiro atoms. The van der Waals surface area contributed by atoms with Gasteiger partial charge in [-0.1, -0.05) is 95.2 Å². The van der Waals surface area contributed by atoms with Crippen molar-refractivity contribution in [2.24, 2.45) is 9.98 Å². The van der Waals surface area contributed by atoms with Crippen LogP contribution >= 0.6 is 0 Å². The average molecular weight is 527 g/mol. The van der Waals surface area contributed by atoms with Crippen LogP contribution in [0.3, 0.4) is 0 Å². The quantitative estimate of drug-likeness (QED) is 0.311. The molecule has 210 valence electrons. The third-order valence-electron chi connectivity index (χ3n) is 7.21. The van der Waals surface area contributed by atoms with Crippen LogP contribution in [0.4, 0.5) is 11.4 Å². The first kappa shape index (κ1) is 30.6. The maximum absolute atomic E-state index is 6.28. The molecule has 3 rings (SSSR count). The van der Waals surface area contributed by atoms with Gasteiger partial charge < -0.3 is 4.42 Å². The lowest BCUT2D eigenvalue weighted by Crippen LogP contribution is -2.16. The van der Waals surface area contributed by atoms with Crippen molar-refractivity contribution in [3.63, 3.8) is 0 Å². The highest BCUT2D eigenvalue weighted by Gasteiger charge is 2.22. The summed E-state index contributed by atoms with van der Waals surface area (Å²) in [4.78, 5) is 9.99. The zero-order chi connectivity index (χ0) is 29.6. The van der Waals surface area contributed by atoms with E-state index in [9.17, 15) is 0 Å². The highest BCUT2D eigenvalue weighted by molar-refractivity contribution is 6.01. The van der Waals surface area contributed by atoms with Crippen molar-refractivity contribution in [3.05, 3.63) is 82.3 Å². The molecule has 3 nitrogen and oxygen atoms in total. The first-order chi connectivity index (χ1) is 17.6. The van der Waals surface area contributed by atoms with Crippen LogP contribution in [0.1, 0.15) is 131 Å². The summed E-state index contributed by atoms with van der Waals surface area (Å²) in [5.41, 5.74) is 8.95. The Bertz CT molecular complexity index is 1220. The SMILES string of the molecule is CC(=Nc1cc(C(C)(C)C)cc(C(C)(C)C)c1)c1ccc(C(C)=Nc2cc(C(C)(C)C)cc(C(C)(C)C)c2)o1. The maximum Gasteiger partial charge on any atom is 0.148 e. The van der Waals surface area contributed by atoms with Crippen LogP contribution in [0.25, 0.3) is 0 Å². The summed E-state index contributed by atoms with van der Waals surface area (Å²) in [7, 11) is 0. The van der Waals surface area contributed by atoms with Gasteiger partial charge in [-0.05, 0) is 94.2 Å². The van der Waals surface area contributed by atoms with Crippen molar-refractivity contribution in [2.45, 2.75) is 119 Å². The van der Waals surface area contributed by atoms with E-state index in [1.165, 1.54) is 22.3 Å². The van der Waals surface area contributed by atoms with Gasteiger partial charge in [-0.2, -0.15) is 0 Å². The molecule has 3 heteroatoms. The van der Waals surface area contributed by atoms with Gasteiger partial charge in [0.25, 0.3) is 0 Å². The average Bonchev–Trinajstić information content (AvgIpc) is 3.27. The molecule has 1 heterocycles. The van der Waals surface area contributed by atoms with E-state index >= 15 is 0 Å². The summed E-state index contributed by atoms with van der Waals surface area (Å²) in [5.74, 6) is 1.52. The predicted molar refractivity (Wildman–Crippen MR) is 170 cm³/mol. The number of benzene rings is 2. The first-order valence-electron chi connectivity index (χ1n) is 14.2. The molecule has 0 atom stereocenters. The van der Waals surface area contributed by atoms with Crippen LogP contribution < -0.4 is 0 Å². The van der Waals surface area contributed by atoms with Gasteiger partial charge in [-0.15, -0.1) is 0 Å². The number of hydrogen-bond donors (Lipinski definition) is 0. The minimum absolute atomic E-state index is 0.0437. The molecule has 0 N–H and O–H groups in total. The normalized spacial score (nSPS) is 14.2. The number of rotatable bonds is 4. The number of hydrogen-bond acceptors (Lipinski definition) is 3. The molecule has 0 amide bonds. The predicted octanol–water partition coefficient (Wildman–Crippen LogP) is 10.8. The Morgan fingerprint density at radius 3 is 0.949 bits per heavy atom. The summed E-state index contributed by atoms with van der Waals surface area (Å²) in [6.07, 6.45) is 0. The minimum atomic E-state index is 0.0437. The molecule has 0 bridgehead atoms. The molecule has 2 aromatic carbocycles. The number of furan rings is 1. The molecule has 0 saturated carbocycles. The third-order valence-corrected chi connectivity index (χ3v) is 7.21. The second kappa shape index (κ2) is 10.6. The van der Waals surface area contributed by atoms with Crippen molar-refractivity contribution >= 4 is 22.8 Å². The van der Waals surface area contributed by atoms with Gasteiger partial charge >= 0.3 is 0 Å². The summed E-state index contributed by atoms with van der Waals surface area (Å²) >= 11 is 0. The van der Waals surface area contributed by atoms with Gasteiger partial charge in [0.05, 0.1) is 22.8 Å². The van der Waals surface area contributed by atoms with Gasteiger partial charge in [-0.25, -0.2) is 9.98 Å². The minimum Gasteiger partial charge on any atom is -0.454 e. The number of nitrogens with zero attached hydrogens (tertiary/aromatic N) is 2. The van der Waals surface area contributed by atoms with Crippen LogP contribution in [0.15, 0.2) is 62.9 Å². The maximum atomic E-state index is 6.28. The summed E-state index contributed by atoms with van der Waals surface area (Å²) in [6.45, 7) is 31.0. The standard InChI is InChI=1S/C36H50N2O/c1-23(37-29-19-25(33(3,4)5)17-26(20-29)34(6,7)8)31-15-16-32(39-31)24(2)38-30-21-27(35(9,10)11)18-28(22-30)36(12,13)14/h15-22H,1-14H3. The fraction of sp³-hybridized carbons (Fsp3) is 0.500. The van der Waals surface area contributed by atoms with Crippen LogP contribution in [-0.4, -0.2) is 11.4 Å². The van der Waals surface area contributed by atoms with E-state index in [2.05, 4.69) is 119 Å². The fourth-order valence-electron chi connectivity index (χ4n) is 4.31. The van der Waals surface area contributed by atoms with Crippen molar-refractivity contribution in [1.82, 2.24) is 0 Å². The monoisotopic (exact) mass is 526 g/mol. The molecule has 3 aromatic rings. The van der Waals surface area contributed by atoms with Crippen LogP contribution in [0.5, 0.6) is 0 Å². The summed E-state index contributed by atoms with van der Waals surface area (Å²) in [5, 5.41) is 0. The molecule has 39 heavy (non-hydrogen) atoms. The van der Waals surface area contributed by atoms with E-state index in [4.69, 9.17) is 14.4 Å². The van der Waals surface area contributed by atoms with Gasteiger partial charge in [0.1, 0.15) is 11.5 Å². The lowest BCUT2D eigenvalue weighted by atomic mass is 9.80. The molecule has 0 fully saturated rings. The van der Waals surface area contributed by atoms with Gasteiger partial charge in [0, 0.05) is 0 Å². The largest absolute Gasteiger partial charge is 0.454 e. The Balaban J connectivity index is 1.99. The highest BCUT2D eigenvalue weighted by atomic mass is 16.3. The molecule has 0 aliphatic carbocycles. The van der Waals surface area contributed by atoms with E-state index in [1.807, 2.05) is 26.0 Å². The molecule has 0 saturated heterocycles. The van der Waals surface area contributed by atoms with Crippen LogP contribution in [0.2, 0.25) is 0 Å². The van der Waals surface area contributed by atoms with Crippen molar-refractivity contribution in [1.29, 1.82) is 0 Å². The molecule has 1 aromatic heterocycles. The Morgan fingerprint density at radius 1 is 0.462 bits per heavy atom. The Kier molecular flexibility index (Phi) is 8.29. The van der Waals surface area contributed by atoms with Gasteiger partial charge in [0.15, 0.2) is 0 Å². The smallest absolute Gasteiger partial charge is 0.148 e. The lowest BCUT2D eigenvalue weighted by Gasteiger charge is -2.25. The Hall–Kier alpha value is -2.94. The topological polar surface area (TPSA) is 37.9 Å². The van der Waals surface area contributed by atoms with E-state index in [0.717, 1.165) is 34.3 Å². The van der Waals surface area contributed by atoms with E-state index in [1.54, 1.807) is 0 Å². The van der Waals surface area contributed by atoms with E-state index in [-0.39, 0.29) is 21.7 Å². The zero-order valence-electron chi connectivity index (χ0n) is 26.9. The summed E-state index contributed by atoms with van der Waals surface area (Å²) < 4.78 is 6.28. The lowest BCUT2D eigenvalue weighted by molar-refractivity contribution is 0.547. The Labute approximate surface area is 237 Å². The van der Waals surface area contributed by atoms with Gasteiger partial charge in [0.2, 0.25) is 0 Å². The zero-order valence-corrected chi connectivity index (χ0v) is 26.9. The molecule has 0 unspecified atom stereocenters. The fourth-order valence-corrected chi connectivity index (χ4v) is 4.31. The van der Waals surface area contributed by atoms with Crippen LogP contribution in [-0.2, 0) is 21.7 Å². The van der Waals surface area contributed by atoms with Crippen molar-refractivity contribution < 1.29 is 4.42 Å². The van der Waals surface area contributed by atoms with E-state index in [0.29, 0.717) is 0 Å². The first-order valence-corrected chi connectivity index (χ1v) is 14.2. The Morgan fingerprint density at radius 2 is 0.718 bits per heavy atom. The highest BCUT2D eigenvalue weighted by Crippen LogP contribution is 2.35. The molecule has 0 aliphatic rings. The van der Waals surface area contributed by atoms with Crippen molar-refractivity contribution in [3.8, 4) is 0 Å². The summed E-state index contributed by atoms with van der Waals surface area (Å²) in [6, 6.07) is 17.4. The van der Waals surface area contributed by atoms with E-state index < -0.39 is 0 Å². The molecule has 0 radical (unpaired) electrons. The molecular formula is C36H50N2O. The second-order valence-electron chi connectivity index (χ2n) is 15.1.